The number of nitrogens with one attached hydrogen (secondary N) is 1. The zero-order chi connectivity index (χ0) is 15.1. The van der Waals surface area contributed by atoms with Gasteiger partial charge in [0.2, 0.25) is 0 Å². The van der Waals surface area contributed by atoms with Gasteiger partial charge in [-0.3, -0.25) is 0 Å². The highest BCUT2D eigenvalue weighted by atomic mass is 19.1. The maximum Gasteiger partial charge on any atom is 0.295 e. The topological polar surface area (TPSA) is 67.5 Å². The lowest BCUT2D eigenvalue weighted by atomic mass is 10.2. The Kier molecular flexibility index (Phi) is 5.57. The molecule has 0 fully saturated rings. The van der Waals surface area contributed by atoms with Crippen LogP contribution in [0.4, 0.5) is 10.4 Å². The number of aliphatic hydroxyl groups excluding tert-OH is 1. The predicted molar refractivity (Wildman–Crippen MR) is 79.2 cm³/mol. The second kappa shape index (κ2) is 7.64. The van der Waals surface area contributed by atoms with E-state index in [1.54, 1.807) is 18.2 Å². The minimum absolute atomic E-state index is 0.118. The summed E-state index contributed by atoms with van der Waals surface area (Å²) in [6, 6.07) is 5.70. The van der Waals surface area contributed by atoms with Crippen molar-refractivity contribution in [3.8, 4) is 5.75 Å². The Morgan fingerprint density at radius 3 is 3.10 bits per heavy atom. The average Bonchev–Trinajstić information content (AvgIpc) is 2.90. The van der Waals surface area contributed by atoms with Crippen molar-refractivity contribution in [2.75, 3.05) is 25.1 Å². The van der Waals surface area contributed by atoms with Crippen LogP contribution in [0.25, 0.3) is 11.1 Å². The van der Waals surface area contributed by atoms with Crippen LogP contribution < -0.4 is 10.1 Å². The lowest BCUT2D eigenvalue weighted by Crippen LogP contribution is -2.03. The van der Waals surface area contributed by atoms with Crippen LogP contribution >= 0.6 is 0 Å². The molecule has 2 N–H and O–H groups in total. The number of nitrogens with zero attached hydrogens (tertiary/aromatic N) is 1. The van der Waals surface area contributed by atoms with E-state index in [4.69, 9.17) is 14.3 Å². The molecule has 0 amide bonds. The molecule has 1 heterocycles. The Balaban J connectivity index is 2.03. The van der Waals surface area contributed by atoms with Gasteiger partial charge in [0.1, 0.15) is 17.9 Å². The first kappa shape index (κ1) is 15.3. The van der Waals surface area contributed by atoms with Crippen LogP contribution in [-0.4, -0.2) is 29.8 Å². The van der Waals surface area contributed by atoms with Crippen LogP contribution in [0.15, 0.2) is 34.5 Å². The van der Waals surface area contributed by atoms with Gasteiger partial charge in [0.05, 0.1) is 6.33 Å². The van der Waals surface area contributed by atoms with Crippen LogP contribution in [0.2, 0.25) is 0 Å². The fourth-order valence-electron chi connectivity index (χ4n) is 1.73. The minimum atomic E-state index is 0.118. The van der Waals surface area contributed by atoms with E-state index in [-0.39, 0.29) is 13.2 Å². The number of ether oxygens (including phenoxy) is 1. The zero-order valence-corrected chi connectivity index (χ0v) is 11.9. The number of halogens is 1. The Morgan fingerprint density at radius 2 is 2.38 bits per heavy atom. The summed E-state index contributed by atoms with van der Waals surface area (Å²) in [5.41, 5.74) is 1.91. The van der Waals surface area contributed by atoms with Crippen LogP contribution in [0.1, 0.15) is 19.8 Å². The van der Waals surface area contributed by atoms with Crippen LogP contribution in [0.5, 0.6) is 5.75 Å². The Hall–Kier alpha value is -2.08. The number of rotatable bonds is 8. The summed E-state index contributed by atoms with van der Waals surface area (Å²) in [5, 5.41) is 11.7. The highest BCUT2D eigenvalue weighted by Gasteiger charge is 2.07. The maximum atomic E-state index is 12.5. The fraction of sp³-hybridized carbons (Fsp3) is 0.400. The third-order valence-electron chi connectivity index (χ3n) is 3.00. The largest absolute Gasteiger partial charge is 0.489 e. The first-order valence-electron chi connectivity index (χ1n) is 6.93. The molecule has 0 saturated carbocycles. The van der Waals surface area contributed by atoms with E-state index in [1.807, 2.05) is 6.92 Å². The number of oxazole rings is 1. The number of hydrogen-bond donors (Lipinski definition) is 2. The van der Waals surface area contributed by atoms with E-state index in [2.05, 4.69) is 10.3 Å². The van der Waals surface area contributed by atoms with Gasteiger partial charge in [-0.25, -0.2) is 4.39 Å². The lowest BCUT2D eigenvalue weighted by molar-refractivity contribution is 0.292. The van der Waals surface area contributed by atoms with E-state index in [1.165, 1.54) is 0 Å². The second-order valence-electron chi connectivity index (χ2n) is 4.56. The van der Waals surface area contributed by atoms with Gasteiger partial charge in [0.25, 0.3) is 6.01 Å². The zero-order valence-electron chi connectivity index (χ0n) is 11.9. The molecular formula is C15H19FN2O3. The molecule has 6 heteroatoms. The summed E-state index contributed by atoms with van der Waals surface area (Å²) in [5.74, 6) is 0.605. The van der Waals surface area contributed by atoms with E-state index in [9.17, 15) is 4.39 Å². The first-order chi connectivity index (χ1) is 10.3. The average molecular weight is 294 g/mol. The molecular weight excluding hydrogens is 275 g/mol. The molecule has 114 valence electrons. The number of aliphatic hydroxyl groups is 1. The molecule has 2 rings (SSSR count). The van der Waals surface area contributed by atoms with Crippen LogP contribution in [0, 0.1) is 0 Å². The highest BCUT2D eigenvalue weighted by Crippen LogP contribution is 2.24. The van der Waals surface area contributed by atoms with Crippen molar-refractivity contribution in [1.82, 2.24) is 4.98 Å². The molecule has 0 aliphatic carbocycles. The maximum absolute atomic E-state index is 12.5. The van der Waals surface area contributed by atoms with E-state index in [0.29, 0.717) is 54.2 Å². The molecule has 0 unspecified atom stereocenters. The van der Waals surface area contributed by atoms with Gasteiger partial charge in [-0.05, 0) is 30.5 Å². The predicted octanol–water partition coefficient (Wildman–Crippen LogP) is 3.26. The summed E-state index contributed by atoms with van der Waals surface area (Å²) in [6.07, 6.45) is 1.82. The van der Waals surface area contributed by atoms with Crippen molar-refractivity contribution < 1.29 is 18.7 Å². The Morgan fingerprint density at radius 1 is 1.52 bits per heavy atom. The molecule has 5 nitrogen and oxygen atoms in total. The quantitative estimate of drug-likeness (QED) is 0.731. The van der Waals surface area contributed by atoms with Gasteiger partial charge in [-0.1, -0.05) is 6.92 Å². The van der Waals surface area contributed by atoms with Crippen LogP contribution in [-0.2, 0) is 0 Å². The third kappa shape index (κ3) is 4.19. The number of fused-ring (bicyclic) bond motifs is 1. The van der Waals surface area contributed by atoms with Crippen molar-refractivity contribution in [3.05, 3.63) is 30.1 Å². The molecule has 0 bridgehead atoms. The molecule has 0 atom stereocenters. The van der Waals surface area contributed by atoms with E-state index < -0.39 is 0 Å². The minimum Gasteiger partial charge on any atom is -0.489 e. The lowest BCUT2D eigenvalue weighted by Gasteiger charge is -2.06. The monoisotopic (exact) mass is 294 g/mol. The third-order valence-corrected chi connectivity index (χ3v) is 3.00. The highest BCUT2D eigenvalue weighted by molar-refractivity contribution is 5.76. The first-order valence-corrected chi connectivity index (χ1v) is 6.93. The molecule has 21 heavy (non-hydrogen) atoms. The number of aromatic nitrogens is 1. The molecule has 1 aromatic carbocycles. The number of anilines is 1. The molecule has 0 spiro atoms. The smallest absolute Gasteiger partial charge is 0.295 e. The normalized spacial score (nSPS) is 11.9. The standard InChI is InChI=1S/C15H19FN2O3/c1-2-11(9-16)10-20-12-4-5-13-14(8-12)21-15(18-13)17-6-3-7-19/h4-5,8-9,19H,2-3,6-7,10H2,1H3,(H,17,18)/b11-9+. The summed E-state index contributed by atoms with van der Waals surface area (Å²) >= 11 is 0. The van der Waals surface area contributed by atoms with Gasteiger partial charge in [-0.2, -0.15) is 4.98 Å². The molecule has 0 aliphatic rings. The fourth-order valence-corrected chi connectivity index (χ4v) is 1.73. The molecule has 2 aromatic rings. The Bertz CT molecular complexity index is 610. The van der Waals surface area contributed by atoms with Crippen molar-refractivity contribution >= 4 is 17.1 Å². The van der Waals surface area contributed by atoms with Gasteiger partial charge in [0.15, 0.2) is 5.58 Å². The van der Waals surface area contributed by atoms with E-state index in [0.717, 1.165) is 0 Å². The van der Waals surface area contributed by atoms with Gasteiger partial charge in [-0.15, -0.1) is 0 Å². The van der Waals surface area contributed by atoms with Gasteiger partial charge in [0, 0.05) is 19.2 Å². The summed E-state index contributed by atoms with van der Waals surface area (Å²) < 4.78 is 23.5. The Labute approximate surface area is 122 Å². The second-order valence-corrected chi connectivity index (χ2v) is 4.56. The molecule has 0 aliphatic heterocycles. The van der Waals surface area contributed by atoms with Crippen molar-refractivity contribution in [2.24, 2.45) is 0 Å². The van der Waals surface area contributed by atoms with Crippen molar-refractivity contribution in [3.63, 3.8) is 0 Å². The van der Waals surface area contributed by atoms with Gasteiger partial charge < -0.3 is 19.6 Å². The van der Waals surface area contributed by atoms with Crippen molar-refractivity contribution in [1.29, 1.82) is 0 Å². The molecule has 1 aromatic heterocycles. The molecule has 0 radical (unpaired) electrons. The van der Waals surface area contributed by atoms with Crippen molar-refractivity contribution in [2.45, 2.75) is 19.8 Å². The van der Waals surface area contributed by atoms with Crippen LogP contribution in [0.3, 0.4) is 0 Å². The summed E-state index contributed by atoms with van der Waals surface area (Å²) in [4.78, 5) is 4.27. The number of hydrogen-bond acceptors (Lipinski definition) is 5. The van der Waals surface area contributed by atoms with Gasteiger partial charge >= 0.3 is 0 Å². The summed E-state index contributed by atoms with van der Waals surface area (Å²) in [6.45, 7) is 2.80. The summed E-state index contributed by atoms with van der Waals surface area (Å²) in [7, 11) is 0. The number of benzene rings is 1. The SMILES string of the molecule is CC/C(=C\F)COc1ccc2nc(NCCCO)oc2c1. The molecule has 0 saturated heterocycles. The van der Waals surface area contributed by atoms with E-state index >= 15 is 0 Å².